The van der Waals surface area contributed by atoms with E-state index in [0.29, 0.717) is 46.8 Å². The summed E-state index contributed by atoms with van der Waals surface area (Å²) >= 11 is 0. The molecule has 4 aromatic rings. The topological polar surface area (TPSA) is 103 Å². The standard InChI is InChI=1S/C25H25F2N5O2/c1-12-15(17-10-19(27)20(29)11-18(17)26)4-5-16-22(12)32(14-2-3-14)24(33)21-23(16)34-25(30-21)31-8-6-13(28)7-9-31/h4-5,10-11,13-14H,2-3,6-9,28-29H2,1H3. The van der Waals surface area contributed by atoms with E-state index < -0.39 is 11.6 Å². The van der Waals surface area contributed by atoms with E-state index >= 15 is 0 Å². The lowest BCUT2D eigenvalue weighted by atomic mass is 9.96. The molecule has 0 amide bonds. The molecule has 7 nitrogen and oxygen atoms in total. The van der Waals surface area contributed by atoms with E-state index in [9.17, 15) is 13.6 Å². The number of hydrogen-bond acceptors (Lipinski definition) is 6. The number of rotatable bonds is 3. The molecule has 2 aromatic heterocycles. The summed E-state index contributed by atoms with van der Waals surface area (Å²) in [6, 6.07) is 6.25. The van der Waals surface area contributed by atoms with Gasteiger partial charge in [-0.1, -0.05) is 6.07 Å². The molecular formula is C25H25F2N5O2. The number of aryl methyl sites for hydroxylation is 1. The maximum absolute atomic E-state index is 14.8. The smallest absolute Gasteiger partial charge is 0.298 e. The SMILES string of the molecule is Cc1c(-c2cc(F)c(N)cc2F)ccc2c3oc(N4CCC(N)CC4)nc3c(=O)n(C3CC3)c12. The van der Waals surface area contributed by atoms with Crippen LogP contribution >= 0.6 is 0 Å². The Hall–Kier alpha value is -3.46. The van der Waals surface area contributed by atoms with Crippen LogP contribution in [0.15, 0.2) is 33.5 Å². The van der Waals surface area contributed by atoms with Crippen LogP contribution < -0.4 is 21.9 Å². The summed E-state index contributed by atoms with van der Waals surface area (Å²) in [5.74, 6) is -1.31. The van der Waals surface area contributed by atoms with E-state index in [1.165, 1.54) is 0 Å². The minimum atomic E-state index is -0.688. The zero-order valence-corrected chi connectivity index (χ0v) is 18.8. The highest BCUT2D eigenvalue weighted by molar-refractivity contribution is 6.04. The van der Waals surface area contributed by atoms with Crippen molar-refractivity contribution in [2.75, 3.05) is 23.7 Å². The number of anilines is 2. The van der Waals surface area contributed by atoms with Crippen molar-refractivity contribution in [3.63, 3.8) is 0 Å². The number of hydrogen-bond donors (Lipinski definition) is 2. The molecule has 0 radical (unpaired) electrons. The zero-order valence-electron chi connectivity index (χ0n) is 18.8. The largest absolute Gasteiger partial charge is 0.422 e. The third kappa shape index (κ3) is 3.18. The number of piperidine rings is 1. The number of pyridine rings is 1. The Kier molecular flexibility index (Phi) is 4.67. The van der Waals surface area contributed by atoms with E-state index in [4.69, 9.17) is 15.9 Å². The van der Waals surface area contributed by atoms with Crippen LogP contribution in [0, 0.1) is 18.6 Å². The number of nitrogens with two attached hydrogens (primary N) is 2. The Morgan fingerprint density at radius 2 is 1.79 bits per heavy atom. The molecule has 3 heterocycles. The van der Waals surface area contributed by atoms with Crippen molar-refractivity contribution in [1.29, 1.82) is 0 Å². The van der Waals surface area contributed by atoms with Crippen molar-refractivity contribution in [2.45, 2.75) is 44.7 Å². The fourth-order valence-electron chi connectivity index (χ4n) is 5.01. The van der Waals surface area contributed by atoms with Gasteiger partial charge < -0.3 is 25.4 Å². The van der Waals surface area contributed by atoms with Gasteiger partial charge in [0.1, 0.15) is 11.6 Å². The molecule has 0 atom stereocenters. The third-order valence-corrected chi connectivity index (χ3v) is 7.05. The molecule has 0 spiro atoms. The predicted molar refractivity (Wildman–Crippen MR) is 128 cm³/mol. The Bertz CT molecular complexity index is 1510. The summed E-state index contributed by atoms with van der Waals surface area (Å²) in [6.07, 6.45) is 3.42. The Morgan fingerprint density at radius 1 is 1.06 bits per heavy atom. The average molecular weight is 466 g/mol. The van der Waals surface area contributed by atoms with Gasteiger partial charge in [-0.15, -0.1) is 0 Å². The molecule has 1 saturated carbocycles. The van der Waals surface area contributed by atoms with Crippen molar-refractivity contribution in [1.82, 2.24) is 9.55 Å². The molecule has 1 aliphatic carbocycles. The van der Waals surface area contributed by atoms with Crippen LogP contribution in [0.25, 0.3) is 33.1 Å². The molecule has 1 aliphatic heterocycles. The number of nitrogen functional groups attached to an aromatic ring is 1. The number of aromatic nitrogens is 2. The lowest BCUT2D eigenvalue weighted by molar-refractivity contribution is 0.466. The van der Waals surface area contributed by atoms with E-state index in [1.807, 2.05) is 11.8 Å². The molecule has 0 bridgehead atoms. The van der Waals surface area contributed by atoms with Gasteiger partial charge in [-0.3, -0.25) is 4.79 Å². The van der Waals surface area contributed by atoms with Gasteiger partial charge in [-0.25, -0.2) is 8.78 Å². The fourth-order valence-corrected chi connectivity index (χ4v) is 5.01. The second-order valence-corrected chi connectivity index (χ2v) is 9.39. The molecule has 2 aliphatic rings. The van der Waals surface area contributed by atoms with Gasteiger partial charge in [0, 0.05) is 42.2 Å². The van der Waals surface area contributed by atoms with Crippen LogP contribution in [0.1, 0.15) is 37.3 Å². The van der Waals surface area contributed by atoms with Crippen molar-refractivity contribution >= 4 is 33.7 Å². The van der Waals surface area contributed by atoms with Gasteiger partial charge in [0.2, 0.25) is 0 Å². The number of nitrogens with zero attached hydrogens (tertiary/aromatic N) is 3. The molecule has 2 fully saturated rings. The number of halogens is 2. The number of fused-ring (bicyclic) bond motifs is 3. The van der Waals surface area contributed by atoms with Gasteiger partial charge in [0.05, 0.1) is 11.2 Å². The van der Waals surface area contributed by atoms with Crippen molar-refractivity contribution in [3.05, 3.63) is 51.8 Å². The van der Waals surface area contributed by atoms with Crippen molar-refractivity contribution < 1.29 is 13.2 Å². The second-order valence-electron chi connectivity index (χ2n) is 9.39. The summed E-state index contributed by atoms with van der Waals surface area (Å²) in [7, 11) is 0. The van der Waals surface area contributed by atoms with Crippen LogP contribution in [0.4, 0.5) is 20.5 Å². The first kappa shape index (κ1) is 21.1. The number of benzene rings is 2. The van der Waals surface area contributed by atoms with E-state index in [0.717, 1.165) is 43.2 Å². The Morgan fingerprint density at radius 3 is 2.50 bits per heavy atom. The van der Waals surface area contributed by atoms with Crippen LogP contribution in [0.2, 0.25) is 0 Å². The first-order chi connectivity index (χ1) is 16.3. The van der Waals surface area contributed by atoms with Gasteiger partial charge >= 0.3 is 0 Å². The molecule has 4 N–H and O–H groups in total. The summed E-state index contributed by atoms with van der Waals surface area (Å²) in [4.78, 5) is 20.2. The second kappa shape index (κ2) is 7.53. The Labute approximate surface area is 194 Å². The zero-order chi connectivity index (χ0) is 23.7. The highest BCUT2D eigenvalue weighted by Crippen LogP contribution is 2.41. The van der Waals surface area contributed by atoms with Crippen LogP contribution in [0.3, 0.4) is 0 Å². The average Bonchev–Trinajstić information content (AvgIpc) is 3.54. The molecule has 34 heavy (non-hydrogen) atoms. The minimum absolute atomic E-state index is 0.0504. The molecule has 9 heteroatoms. The summed E-state index contributed by atoms with van der Waals surface area (Å²) in [5, 5.41) is 0.728. The van der Waals surface area contributed by atoms with Gasteiger partial charge in [0.15, 0.2) is 11.1 Å². The predicted octanol–water partition coefficient (Wildman–Crippen LogP) is 4.24. The molecule has 2 aromatic carbocycles. The lowest BCUT2D eigenvalue weighted by Gasteiger charge is -2.28. The highest BCUT2D eigenvalue weighted by Gasteiger charge is 2.31. The molecule has 1 saturated heterocycles. The van der Waals surface area contributed by atoms with Crippen molar-refractivity contribution in [2.24, 2.45) is 5.73 Å². The van der Waals surface area contributed by atoms with E-state index in [1.54, 1.807) is 16.7 Å². The molecule has 6 rings (SSSR count). The van der Waals surface area contributed by atoms with E-state index in [2.05, 4.69) is 4.98 Å². The monoisotopic (exact) mass is 465 g/mol. The molecule has 176 valence electrons. The van der Waals surface area contributed by atoms with Gasteiger partial charge in [-0.05, 0) is 55.9 Å². The van der Waals surface area contributed by atoms with Crippen LogP contribution in [-0.4, -0.2) is 28.7 Å². The quantitative estimate of drug-likeness (QED) is 0.439. The maximum Gasteiger partial charge on any atom is 0.298 e. The Balaban J connectivity index is 1.60. The van der Waals surface area contributed by atoms with Gasteiger partial charge in [-0.2, -0.15) is 4.98 Å². The highest BCUT2D eigenvalue weighted by atomic mass is 19.1. The summed E-state index contributed by atoms with van der Waals surface area (Å²) < 4.78 is 36.9. The fraction of sp³-hybridized carbons (Fsp3) is 0.360. The molecular weight excluding hydrogens is 440 g/mol. The maximum atomic E-state index is 14.8. The first-order valence-corrected chi connectivity index (χ1v) is 11.6. The minimum Gasteiger partial charge on any atom is -0.422 e. The van der Waals surface area contributed by atoms with Gasteiger partial charge in [0.25, 0.3) is 11.6 Å². The lowest BCUT2D eigenvalue weighted by Crippen LogP contribution is -2.39. The normalized spacial score (nSPS) is 17.2. The first-order valence-electron chi connectivity index (χ1n) is 11.6. The van der Waals surface area contributed by atoms with Crippen molar-refractivity contribution in [3.8, 4) is 11.1 Å². The van der Waals surface area contributed by atoms with Crippen LogP contribution in [0.5, 0.6) is 0 Å². The molecule has 0 unspecified atom stereocenters. The third-order valence-electron chi connectivity index (χ3n) is 7.05. The summed E-state index contributed by atoms with van der Waals surface area (Å²) in [5.41, 5.74) is 13.7. The number of oxazole rings is 1. The van der Waals surface area contributed by atoms with E-state index in [-0.39, 0.29) is 28.9 Å². The summed E-state index contributed by atoms with van der Waals surface area (Å²) in [6.45, 7) is 3.25. The van der Waals surface area contributed by atoms with Crippen LogP contribution in [-0.2, 0) is 0 Å².